The Hall–Kier alpha value is -1.08. The quantitative estimate of drug-likeness (QED) is 0.326. The lowest BCUT2D eigenvalue weighted by molar-refractivity contribution is -0.883. The smallest absolute Gasteiger partial charge is 0.166 e. The van der Waals surface area contributed by atoms with Crippen molar-refractivity contribution in [2.45, 2.75) is 25.7 Å². The molecule has 0 saturated carbocycles. The average Bonchev–Trinajstić information content (AvgIpc) is 2.02. The molecule has 0 aromatic rings. The number of aliphatic carboxylic acids is 1. The highest BCUT2D eigenvalue weighted by Crippen LogP contribution is 2.04. The Bertz CT molecular complexity index is 219. The van der Waals surface area contributed by atoms with Gasteiger partial charge >= 0.3 is 0 Å². The Morgan fingerprint density at radius 3 is 2.50 bits per heavy atom. The van der Waals surface area contributed by atoms with Crippen LogP contribution in [0.25, 0.3) is 0 Å². The van der Waals surface area contributed by atoms with Crippen molar-refractivity contribution in [3.05, 3.63) is 0 Å². The van der Waals surface area contributed by atoms with Crippen LogP contribution in [0.15, 0.2) is 0 Å². The molecule has 0 amide bonds. The number of quaternary nitrogens is 1. The van der Waals surface area contributed by atoms with E-state index < -0.39 is 5.97 Å². The first-order chi connectivity index (χ1) is 6.48. The Balaban J connectivity index is 3.45. The van der Waals surface area contributed by atoms with Crippen LogP contribution >= 0.6 is 0 Å². The van der Waals surface area contributed by atoms with Crippen LogP contribution in [0.2, 0.25) is 0 Å². The van der Waals surface area contributed by atoms with Gasteiger partial charge in [-0.2, -0.15) is 5.26 Å². The molecule has 0 unspecified atom stereocenters. The number of carbonyl (C=O) groups is 1. The molecule has 0 aromatic carbocycles. The van der Waals surface area contributed by atoms with Gasteiger partial charge in [0.15, 0.2) is 6.54 Å². The number of carboxylic acid groups (broad SMARTS) is 1. The van der Waals surface area contributed by atoms with Crippen LogP contribution in [0.5, 0.6) is 0 Å². The predicted octanol–water partition coefficient (Wildman–Crippen LogP) is -0.103. The summed E-state index contributed by atoms with van der Waals surface area (Å²) in [5.74, 6) is -0.976. The fourth-order valence-corrected chi connectivity index (χ4v) is 1.26. The minimum absolute atomic E-state index is 0.145. The van der Waals surface area contributed by atoms with E-state index in [0.29, 0.717) is 17.4 Å². The number of carbonyl (C=O) groups excluding carboxylic acids is 1. The lowest BCUT2D eigenvalue weighted by Crippen LogP contribution is -2.40. The van der Waals surface area contributed by atoms with Gasteiger partial charge in [0.2, 0.25) is 0 Å². The zero-order valence-corrected chi connectivity index (χ0v) is 8.95. The molecule has 0 saturated heterocycles. The second kappa shape index (κ2) is 6.39. The third-order valence-corrected chi connectivity index (χ3v) is 2.14. The van der Waals surface area contributed by atoms with Gasteiger partial charge in [-0.05, 0) is 25.7 Å². The first-order valence-corrected chi connectivity index (χ1v) is 4.87. The van der Waals surface area contributed by atoms with Crippen molar-refractivity contribution in [1.82, 2.24) is 0 Å². The Morgan fingerprint density at radius 2 is 2.00 bits per heavy atom. The molecule has 0 fully saturated rings. The van der Waals surface area contributed by atoms with Gasteiger partial charge in [-0.3, -0.25) is 0 Å². The van der Waals surface area contributed by atoms with Crippen LogP contribution in [0, 0.1) is 11.3 Å². The molecule has 0 radical (unpaired) electrons. The Kier molecular flexibility index (Phi) is 5.89. The molecular weight excluding hydrogens is 180 g/mol. The highest BCUT2D eigenvalue weighted by molar-refractivity contribution is 5.63. The number of rotatable bonds is 7. The number of hydrogen-bond donors (Lipinski definition) is 0. The summed E-state index contributed by atoms with van der Waals surface area (Å²) >= 11 is 0. The monoisotopic (exact) mass is 198 g/mol. The Labute approximate surface area is 85.3 Å². The molecule has 4 heteroatoms. The number of unbranched alkanes of at least 4 members (excludes halogenated alkanes) is 2. The van der Waals surface area contributed by atoms with Crippen LogP contribution in [0.1, 0.15) is 25.7 Å². The maximum atomic E-state index is 10.1. The van der Waals surface area contributed by atoms with Crippen molar-refractivity contribution >= 4 is 5.97 Å². The SMILES string of the molecule is C[N+](C)(CC#N)CCCCCC(=O)[O-]. The number of carboxylic acids is 1. The molecule has 0 aliphatic carbocycles. The topological polar surface area (TPSA) is 63.9 Å². The lowest BCUT2D eigenvalue weighted by atomic mass is 10.2. The summed E-state index contributed by atoms with van der Waals surface area (Å²) in [5, 5.41) is 18.6. The van der Waals surface area contributed by atoms with Crippen LogP contribution in [-0.2, 0) is 4.79 Å². The van der Waals surface area contributed by atoms with Crippen LogP contribution in [0.4, 0.5) is 0 Å². The predicted molar refractivity (Wildman–Crippen MR) is 50.9 cm³/mol. The molecule has 0 N–H and O–H groups in total. The van der Waals surface area contributed by atoms with Gasteiger partial charge in [0.25, 0.3) is 0 Å². The lowest BCUT2D eigenvalue weighted by Gasteiger charge is -2.26. The van der Waals surface area contributed by atoms with E-state index in [2.05, 4.69) is 6.07 Å². The fourth-order valence-electron chi connectivity index (χ4n) is 1.26. The van der Waals surface area contributed by atoms with Crippen molar-refractivity contribution in [2.75, 3.05) is 27.2 Å². The van der Waals surface area contributed by atoms with Gasteiger partial charge in [-0.25, -0.2) is 0 Å². The molecule has 0 aliphatic rings. The van der Waals surface area contributed by atoms with E-state index in [9.17, 15) is 9.90 Å². The summed E-state index contributed by atoms with van der Waals surface area (Å²) in [7, 11) is 4.00. The van der Waals surface area contributed by atoms with Crippen molar-refractivity contribution in [3.63, 3.8) is 0 Å². The minimum atomic E-state index is -0.976. The molecule has 14 heavy (non-hydrogen) atoms. The average molecular weight is 198 g/mol. The van der Waals surface area contributed by atoms with Crippen LogP contribution in [-0.4, -0.2) is 37.6 Å². The van der Waals surface area contributed by atoms with E-state index in [-0.39, 0.29) is 6.42 Å². The molecule has 0 rings (SSSR count). The second-order valence-electron chi connectivity index (χ2n) is 4.16. The zero-order valence-electron chi connectivity index (χ0n) is 8.95. The minimum Gasteiger partial charge on any atom is -0.550 e. The molecule has 0 atom stereocenters. The van der Waals surface area contributed by atoms with Gasteiger partial charge in [0, 0.05) is 5.97 Å². The van der Waals surface area contributed by atoms with Crippen molar-refractivity contribution in [2.24, 2.45) is 0 Å². The van der Waals surface area contributed by atoms with E-state index >= 15 is 0 Å². The van der Waals surface area contributed by atoms with Crippen molar-refractivity contribution in [1.29, 1.82) is 5.26 Å². The summed E-state index contributed by atoms with van der Waals surface area (Å²) in [6.45, 7) is 1.42. The summed E-state index contributed by atoms with van der Waals surface area (Å²) in [6.07, 6.45) is 2.67. The van der Waals surface area contributed by atoms with E-state index in [0.717, 1.165) is 19.4 Å². The standard InChI is InChI=1S/C10H18N2O2/c1-12(2,9-7-11)8-5-3-4-6-10(13)14/h3-6,8-9H2,1-2H3. The van der Waals surface area contributed by atoms with Gasteiger partial charge in [0.05, 0.1) is 20.6 Å². The van der Waals surface area contributed by atoms with Crippen LogP contribution in [0.3, 0.4) is 0 Å². The highest BCUT2D eigenvalue weighted by Gasteiger charge is 2.12. The highest BCUT2D eigenvalue weighted by atomic mass is 16.4. The normalized spacial score (nSPS) is 10.9. The third kappa shape index (κ3) is 7.56. The van der Waals surface area contributed by atoms with Gasteiger partial charge in [-0.15, -0.1) is 0 Å². The first-order valence-electron chi connectivity index (χ1n) is 4.87. The number of hydrogen-bond acceptors (Lipinski definition) is 3. The van der Waals surface area contributed by atoms with Crippen molar-refractivity contribution in [3.8, 4) is 6.07 Å². The summed E-state index contributed by atoms with van der Waals surface area (Å²) < 4.78 is 0.682. The summed E-state index contributed by atoms with van der Waals surface area (Å²) in [5.41, 5.74) is 0. The molecule has 0 aromatic heterocycles. The van der Waals surface area contributed by atoms with E-state index in [1.807, 2.05) is 14.1 Å². The number of nitriles is 1. The fraction of sp³-hybridized carbons (Fsp3) is 0.800. The van der Waals surface area contributed by atoms with Gasteiger partial charge in [-0.1, -0.05) is 0 Å². The van der Waals surface area contributed by atoms with E-state index in [1.165, 1.54) is 0 Å². The largest absolute Gasteiger partial charge is 0.550 e. The summed E-state index contributed by atoms with van der Waals surface area (Å²) in [4.78, 5) is 10.1. The molecule has 0 heterocycles. The molecule has 4 nitrogen and oxygen atoms in total. The third-order valence-electron chi connectivity index (χ3n) is 2.14. The van der Waals surface area contributed by atoms with Gasteiger partial charge in [0.1, 0.15) is 6.07 Å². The zero-order chi connectivity index (χ0) is 11.0. The molecule has 0 bridgehead atoms. The van der Waals surface area contributed by atoms with E-state index in [1.54, 1.807) is 0 Å². The van der Waals surface area contributed by atoms with E-state index in [4.69, 9.17) is 5.26 Å². The number of nitrogens with zero attached hydrogens (tertiary/aromatic N) is 2. The van der Waals surface area contributed by atoms with Gasteiger partial charge < -0.3 is 14.4 Å². The van der Waals surface area contributed by atoms with Crippen LogP contribution < -0.4 is 5.11 Å². The Morgan fingerprint density at radius 1 is 1.36 bits per heavy atom. The first kappa shape index (κ1) is 12.9. The van der Waals surface area contributed by atoms with Crippen molar-refractivity contribution < 1.29 is 14.4 Å². The molecule has 0 spiro atoms. The second-order valence-corrected chi connectivity index (χ2v) is 4.16. The summed E-state index contributed by atoms with van der Waals surface area (Å²) in [6, 6.07) is 2.14. The maximum Gasteiger partial charge on any atom is 0.166 e. The molecular formula is C10H18N2O2. The molecule has 80 valence electrons. The maximum absolute atomic E-state index is 10.1. The molecule has 0 aliphatic heterocycles.